The molecule has 5 heteroatoms. The Kier molecular flexibility index (Phi) is 7.63. The van der Waals surface area contributed by atoms with Gasteiger partial charge in [0, 0.05) is 37.6 Å². The van der Waals surface area contributed by atoms with Crippen LogP contribution in [0.25, 0.3) is 0 Å². The van der Waals surface area contributed by atoms with E-state index in [-0.39, 0.29) is 11.4 Å². The van der Waals surface area contributed by atoms with Crippen LogP contribution in [0.15, 0.2) is 42.6 Å². The summed E-state index contributed by atoms with van der Waals surface area (Å²) in [6.45, 7) is 11.3. The average Bonchev–Trinajstić information content (AvgIpc) is 3.02. The molecule has 1 N–H and O–H groups in total. The number of carbonyl (C=O) groups is 1. The van der Waals surface area contributed by atoms with Gasteiger partial charge in [-0.15, -0.1) is 0 Å². The van der Waals surface area contributed by atoms with E-state index >= 15 is 0 Å². The lowest BCUT2D eigenvalue weighted by Crippen LogP contribution is -2.49. The number of amides is 1. The van der Waals surface area contributed by atoms with Crippen LogP contribution in [-0.2, 0) is 22.6 Å². The van der Waals surface area contributed by atoms with Crippen molar-refractivity contribution >= 4 is 5.91 Å². The van der Waals surface area contributed by atoms with E-state index in [9.17, 15) is 4.79 Å². The Balaban J connectivity index is 2.09. The Hall–Kier alpha value is -2.11. The Labute approximate surface area is 163 Å². The lowest BCUT2D eigenvalue weighted by Gasteiger charge is -2.36. The van der Waals surface area contributed by atoms with E-state index in [1.54, 1.807) is 7.11 Å². The molecular formula is C22H33N3O2. The van der Waals surface area contributed by atoms with Crippen LogP contribution in [0.2, 0.25) is 0 Å². The van der Waals surface area contributed by atoms with Gasteiger partial charge in [-0.2, -0.15) is 0 Å². The molecule has 1 heterocycles. The van der Waals surface area contributed by atoms with Gasteiger partial charge in [-0.05, 0) is 45.4 Å². The third-order valence-electron chi connectivity index (χ3n) is 4.55. The van der Waals surface area contributed by atoms with Crippen molar-refractivity contribution in [3.8, 4) is 0 Å². The van der Waals surface area contributed by atoms with Crippen molar-refractivity contribution in [3.05, 3.63) is 59.4 Å². The minimum atomic E-state index is -0.252. The van der Waals surface area contributed by atoms with Gasteiger partial charge in [-0.1, -0.05) is 29.8 Å². The SMILES string of the molecule is COCCNCC(=O)N(Cc1cccn1Cc1cccc(C)c1)C(C)(C)C. The molecule has 0 unspecified atom stereocenters. The van der Waals surface area contributed by atoms with Crippen LogP contribution in [0.4, 0.5) is 0 Å². The number of nitrogens with zero attached hydrogens (tertiary/aromatic N) is 2. The van der Waals surface area contributed by atoms with Crippen LogP contribution in [0.3, 0.4) is 0 Å². The first-order valence-electron chi connectivity index (χ1n) is 9.51. The molecule has 5 nitrogen and oxygen atoms in total. The van der Waals surface area contributed by atoms with Crippen LogP contribution in [-0.4, -0.2) is 47.7 Å². The molecule has 1 aromatic heterocycles. The zero-order valence-electron chi connectivity index (χ0n) is 17.3. The number of aromatic nitrogens is 1. The van der Waals surface area contributed by atoms with E-state index in [2.05, 4.69) is 74.1 Å². The standard InChI is InChI=1S/C22H33N3O2/c1-18-8-6-9-19(14-18)16-24-12-7-10-20(24)17-25(22(2,3)4)21(26)15-23-11-13-27-5/h6-10,12,14,23H,11,13,15-17H2,1-5H3. The van der Waals surface area contributed by atoms with Crippen LogP contribution in [0.1, 0.15) is 37.6 Å². The minimum Gasteiger partial charge on any atom is -0.383 e. The lowest BCUT2D eigenvalue weighted by molar-refractivity contribution is -0.135. The first-order chi connectivity index (χ1) is 12.8. The van der Waals surface area contributed by atoms with Gasteiger partial charge in [0.05, 0.1) is 19.7 Å². The number of carbonyl (C=O) groups excluding carboxylic acids is 1. The fourth-order valence-electron chi connectivity index (χ4n) is 3.08. The van der Waals surface area contributed by atoms with Crippen molar-refractivity contribution in [1.29, 1.82) is 0 Å². The summed E-state index contributed by atoms with van der Waals surface area (Å²) in [7, 11) is 1.66. The molecule has 1 amide bonds. The Morgan fingerprint density at radius 3 is 2.67 bits per heavy atom. The number of rotatable bonds is 9. The van der Waals surface area contributed by atoms with Crippen molar-refractivity contribution < 1.29 is 9.53 Å². The van der Waals surface area contributed by atoms with Gasteiger partial charge in [-0.25, -0.2) is 0 Å². The second kappa shape index (κ2) is 9.72. The van der Waals surface area contributed by atoms with Gasteiger partial charge in [0.15, 0.2) is 0 Å². The molecule has 2 aromatic rings. The summed E-state index contributed by atoms with van der Waals surface area (Å²) in [5.74, 6) is 0.0990. The highest BCUT2D eigenvalue weighted by atomic mass is 16.5. The number of aryl methyl sites for hydroxylation is 1. The van der Waals surface area contributed by atoms with Gasteiger partial charge >= 0.3 is 0 Å². The van der Waals surface area contributed by atoms with Crippen LogP contribution in [0, 0.1) is 6.92 Å². The molecule has 0 atom stereocenters. The maximum absolute atomic E-state index is 12.8. The maximum Gasteiger partial charge on any atom is 0.237 e. The number of hydrogen-bond donors (Lipinski definition) is 1. The lowest BCUT2D eigenvalue weighted by atomic mass is 10.1. The Bertz CT molecular complexity index is 731. The molecule has 1 aromatic carbocycles. The molecule has 0 aliphatic heterocycles. The number of ether oxygens (including phenoxy) is 1. The molecule has 0 saturated heterocycles. The topological polar surface area (TPSA) is 46.5 Å². The molecular weight excluding hydrogens is 338 g/mol. The van der Waals surface area contributed by atoms with E-state index in [0.717, 1.165) is 12.2 Å². The normalized spacial score (nSPS) is 11.6. The smallest absolute Gasteiger partial charge is 0.237 e. The maximum atomic E-state index is 12.8. The van der Waals surface area contributed by atoms with E-state index in [4.69, 9.17) is 4.74 Å². The number of methoxy groups -OCH3 is 1. The molecule has 0 bridgehead atoms. The summed E-state index contributed by atoms with van der Waals surface area (Å²) in [5.41, 5.74) is 3.41. The highest BCUT2D eigenvalue weighted by molar-refractivity contribution is 5.79. The second-order valence-corrected chi connectivity index (χ2v) is 7.94. The van der Waals surface area contributed by atoms with E-state index in [0.29, 0.717) is 26.2 Å². The second-order valence-electron chi connectivity index (χ2n) is 7.94. The fourth-order valence-corrected chi connectivity index (χ4v) is 3.08. The zero-order valence-corrected chi connectivity index (χ0v) is 17.3. The predicted molar refractivity (Wildman–Crippen MR) is 110 cm³/mol. The van der Waals surface area contributed by atoms with Crippen molar-refractivity contribution in [2.24, 2.45) is 0 Å². The molecule has 148 valence electrons. The van der Waals surface area contributed by atoms with Gasteiger partial charge < -0.3 is 19.5 Å². The highest BCUT2D eigenvalue weighted by Gasteiger charge is 2.27. The quantitative estimate of drug-likeness (QED) is 0.689. The molecule has 2 rings (SSSR count). The molecule has 0 aliphatic carbocycles. The van der Waals surface area contributed by atoms with E-state index in [1.807, 2.05) is 11.0 Å². The fraction of sp³-hybridized carbons (Fsp3) is 0.500. The number of hydrogen-bond acceptors (Lipinski definition) is 3. The Morgan fingerprint density at radius 1 is 1.22 bits per heavy atom. The third-order valence-corrected chi connectivity index (χ3v) is 4.55. The van der Waals surface area contributed by atoms with Gasteiger partial charge in [0.2, 0.25) is 5.91 Å². The summed E-state index contributed by atoms with van der Waals surface area (Å²) in [6.07, 6.45) is 2.08. The van der Waals surface area contributed by atoms with Crippen molar-refractivity contribution in [2.75, 3.05) is 26.8 Å². The number of benzene rings is 1. The van der Waals surface area contributed by atoms with Gasteiger partial charge in [0.25, 0.3) is 0 Å². The van der Waals surface area contributed by atoms with Crippen molar-refractivity contribution in [1.82, 2.24) is 14.8 Å². The van der Waals surface area contributed by atoms with Gasteiger partial charge in [-0.3, -0.25) is 4.79 Å². The monoisotopic (exact) mass is 371 g/mol. The molecule has 0 spiro atoms. The molecule has 27 heavy (non-hydrogen) atoms. The Morgan fingerprint density at radius 2 is 2.00 bits per heavy atom. The van der Waals surface area contributed by atoms with E-state index < -0.39 is 0 Å². The predicted octanol–water partition coefficient (Wildman–Crippen LogP) is 3.21. The van der Waals surface area contributed by atoms with Crippen LogP contribution >= 0.6 is 0 Å². The summed E-state index contributed by atoms with van der Waals surface area (Å²) in [5, 5.41) is 3.16. The third kappa shape index (κ3) is 6.52. The van der Waals surface area contributed by atoms with Gasteiger partial charge in [0.1, 0.15) is 0 Å². The van der Waals surface area contributed by atoms with Crippen LogP contribution in [0.5, 0.6) is 0 Å². The zero-order chi connectivity index (χ0) is 19.9. The molecule has 0 radical (unpaired) electrons. The van der Waals surface area contributed by atoms with Crippen LogP contribution < -0.4 is 5.32 Å². The molecule has 0 fully saturated rings. The number of nitrogens with one attached hydrogen (secondary N) is 1. The minimum absolute atomic E-state index is 0.0990. The van der Waals surface area contributed by atoms with Crippen molar-refractivity contribution in [3.63, 3.8) is 0 Å². The summed E-state index contributed by atoms with van der Waals surface area (Å²) >= 11 is 0. The summed E-state index contributed by atoms with van der Waals surface area (Å²) in [6, 6.07) is 12.7. The summed E-state index contributed by atoms with van der Waals surface area (Å²) < 4.78 is 7.25. The summed E-state index contributed by atoms with van der Waals surface area (Å²) in [4.78, 5) is 14.7. The van der Waals surface area contributed by atoms with E-state index in [1.165, 1.54) is 11.1 Å². The highest BCUT2D eigenvalue weighted by Crippen LogP contribution is 2.19. The molecule has 0 saturated carbocycles. The first kappa shape index (κ1) is 21.2. The largest absolute Gasteiger partial charge is 0.383 e. The molecule has 0 aliphatic rings. The van der Waals surface area contributed by atoms with Crippen molar-refractivity contribution in [2.45, 2.75) is 46.3 Å². The first-order valence-corrected chi connectivity index (χ1v) is 9.51. The average molecular weight is 372 g/mol.